The minimum Gasteiger partial charge on any atom is -0.494 e. The first kappa shape index (κ1) is 14.3. The number of methoxy groups -OCH3 is 1. The number of hydrogen-bond acceptors (Lipinski definition) is 2. The predicted molar refractivity (Wildman–Crippen MR) is 76.1 cm³/mol. The van der Waals surface area contributed by atoms with Crippen LogP contribution in [-0.2, 0) is 0 Å². The van der Waals surface area contributed by atoms with Gasteiger partial charge in [0.2, 0.25) is 0 Å². The van der Waals surface area contributed by atoms with E-state index in [4.69, 9.17) is 4.74 Å². The molecule has 0 aliphatic carbocycles. The van der Waals surface area contributed by atoms with Crippen LogP contribution in [0, 0.1) is 18.6 Å². The van der Waals surface area contributed by atoms with Crippen LogP contribution in [-0.4, -0.2) is 7.11 Å². The molecule has 1 atom stereocenters. The molecule has 20 heavy (non-hydrogen) atoms. The number of nitrogens with one attached hydrogen (secondary N) is 1. The molecule has 2 aromatic carbocycles. The Kier molecular flexibility index (Phi) is 4.23. The van der Waals surface area contributed by atoms with Gasteiger partial charge in [0.15, 0.2) is 11.6 Å². The molecule has 0 aromatic heterocycles. The van der Waals surface area contributed by atoms with E-state index in [0.29, 0.717) is 11.3 Å². The fraction of sp³-hybridized carbons (Fsp3) is 0.250. The summed E-state index contributed by atoms with van der Waals surface area (Å²) < 4.78 is 32.0. The third kappa shape index (κ3) is 3.07. The molecule has 0 amide bonds. The average Bonchev–Trinajstić information content (AvgIpc) is 2.42. The van der Waals surface area contributed by atoms with Crippen LogP contribution in [0.4, 0.5) is 14.5 Å². The molecule has 2 nitrogen and oxygen atoms in total. The fourth-order valence-corrected chi connectivity index (χ4v) is 1.97. The van der Waals surface area contributed by atoms with Gasteiger partial charge in [0.25, 0.3) is 0 Å². The number of rotatable bonds is 4. The zero-order valence-corrected chi connectivity index (χ0v) is 11.7. The second-order valence-corrected chi connectivity index (χ2v) is 4.72. The maximum atomic E-state index is 13.6. The van der Waals surface area contributed by atoms with Gasteiger partial charge in [0, 0.05) is 17.8 Å². The molecule has 0 saturated carbocycles. The third-order valence-corrected chi connectivity index (χ3v) is 3.23. The molecule has 0 saturated heterocycles. The van der Waals surface area contributed by atoms with Gasteiger partial charge < -0.3 is 10.1 Å². The second kappa shape index (κ2) is 5.90. The third-order valence-electron chi connectivity index (χ3n) is 3.23. The Labute approximate surface area is 117 Å². The summed E-state index contributed by atoms with van der Waals surface area (Å²) >= 11 is 0. The molecular weight excluding hydrogens is 260 g/mol. The molecule has 0 aliphatic rings. The molecule has 2 aromatic rings. The first-order valence-electron chi connectivity index (χ1n) is 6.37. The Hall–Kier alpha value is -2.10. The number of halogens is 2. The van der Waals surface area contributed by atoms with Gasteiger partial charge in [0.1, 0.15) is 5.82 Å². The molecule has 0 heterocycles. The van der Waals surface area contributed by atoms with Gasteiger partial charge in [-0.1, -0.05) is 12.1 Å². The first-order chi connectivity index (χ1) is 9.51. The van der Waals surface area contributed by atoms with E-state index in [1.807, 2.05) is 13.0 Å². The molecule has 4 heteroatoms. The highest BCUT2D eigenvalue weighted by Crippen LogP contribution is 2.25. The monoisotopic (exact) mass is 277 g/mol. The van der Waals surface area contributed by atoms with E-state index >= 15 is 0 Å². The Morgan fingerprint density at radius 3 is 2.40 bits per heavy atom. The van der Waals surface area contributed by atoms with Gasteiger partial charge in [-0.25, -0.2) is 8.78 Å². The van der Waals surface area contributed by atoms with E-state index in [1.165, 1.54) is 19.2 Å². The Morgan fingerprint density at radius 2 is 1.80 bits per heavy atom. The van der Waals surface area contributed by atoms with Crippen LogP contribution >= 0.6 is 0 Å². The lowest BCUT2D eigenvalue weighted by molar-refractivity contribution is 0.386. The summed E-state index contributed by atoms with van der Waals surface area (Å²) in [5.74, 6) is -0.471. The minimum absolute atomic E-state index is 0.127. The quantitative estimate of drug-likeness (QED) is 0.891. The number of anilines is 1. The van der Waals surface area contributed by atoms with Crippen LogP contribution in [0.2, 0.25) is 0 Å². The lowest BCUT2D eigenvalue weighted by atomic mass is 10.1. The van der Waals surface area contributed by atoms with Crippen molar-refractivity contribution >= 4 is 5.69 Å². The number of hydrogen-bond donors (Lipinski definition) is 1. The van der Waals surface area contributed by atoms with E-state index in [0.717, 1.165) is 5.56 Å². The molecule has 0 aliphatic heterocycles. The van der Waals surface area contributed by atoms with E-state index < -0.39 is 5.82 Å². The molecule has 2 rings (SSSR count). The molecule has 0 radical (unpaired) electrons. The summed E-state index contributed by atoms with van der Waals surface area (Å²) in [6.45, 7) is 3.61. The maximum Gasteiger partial charge on any atom is 0.167 e. The van der Waals surface area contributed by atoms with Crippen LogP contribution in [0.25, 0.3) is 0 Å². The Bertz CT molecular complexity index is 613. The van der Waals surface area contributed by atoms with Gasteiger partial charge in [0.05, 0.1) is 7.11 Å². The van der Waals surface area contributed by atoms with Crippen LogP contribution in [0.3, 0.4) is 0 Å². The highest BCUT2D eigenvalue weighted by molar-refractivity contribution is 5.49. The van der Waals surface area contributed by atoms with Crippen molar-refractivity contribution in [3.63, 3.8) is 0 Å². The molecule has 0 fully saturated rings. The van der Waals surface area contributed by atoms with Crippen molar-refractivity contribution in [1.29, 1.82) is 0 Å². The van der Waals surface area contributed by atoms with Crippen molar-refractivity contribution in [2.45, 2.75) is 19.9 Å². The largest absolute Gasteiger partial charge is 0.494 e. The van der Waals surface area contributed by atoms with E-state index in [1.54, 1.807) is 25.1 Å². The summed E-state index contributed by atoms with van der Waals surface area (Å²) in [5, 5.41) is 3.13. The topological polar surface area (TPSA) is 21.3 Å². The number of benzene rings is 2. The summed E-state index contributed by atoms with van der Waals surface area (Å²) in [5.41, 5.74) is 2.04. The molecule has 1 unspecified atom stereocenters. The summed E-state index contributed by atoms with van der Waals surface area (Å²) in [6.07, 6.45) is 0. The molecule has 0 bridgehead atoms. The standard InChI is InChI=1S/C16H17F2NO/c1-10-4-5-12(8-14(10)17)11(2)19-13-6-7-16(20-3)15(18)9-13/h4-9,11,19H,1-3H3. The zero-order chi connectivity index (χ0) is 14.7. The fourth-order valence-electron chi connectivity index (χ4n) is 1.97. The van der Waals surface area contributed by atoms with Crippen molar-refractivity contribution in [2.24, 2.45) is 0 Å². The normalized spacial score (nSPS) is 12.1. The summed E-state index contributed by atoms with van der Waals surface area (Å²) in [6, 6.07) is 9.60. The smallest absolute Gasteiger partial charge is 0.167 e. The van der Waals surface area contributed by atoms with E-state index in [-0.39, 0.29) is 17.6 Å². The lowest BCUT2D eigenvalue weighted by Gasteiger charge is -2.16. The molecule has 106 valence electrons. The van der Waals surface area contributed by atoms with Gasteiger partial charge in [-0.3, -0.25) is 0 Å². The molecular formula is C16H17F2NO. The number of aryl methyl sites for hydroxylation is 1. The van der Waals surface area contributed by atoms with Crippen molar-refractivity contribution in [3.05, 3.63) is 59.2 Å². The zero-order valence-electron chi connectivity index (χ0n) is 11.7. The van der Waals surface area contributed by atoms with Gasteiger partial charge in [-0.15, -0.1) is 0 Å². The van der Waals surface area contributed by atoms with E-state index in [9.17, 15) is 8.78 Å². The predicted octanol–water partition coefficient (Wildman–Crippen LogP) is 4.45. The van der Waals surface area contributed by atoms with Crippen molar-refractivity contribution in [2.75, 3.05) is 12.4 Å². The first-order valence-corrected chi connectivity index (χ1v) is 6.37. The highest BCUT2D eigenvalue weighted by Gasteiger charge is 2.09. The van der Waals surface area contributed by atoms with Crippen LogP contribution in [0.5, 0.6) is 5.75 Å². The van der Waals surface area contributed by atoms with Crippen molar-refractivity contribution in [1.82, 2.24) is 0 Å². The van der Waals surface area contributed by atoms with Crippen LogP contribution in [0.15, 0.2) is 36.4 Å². The van der Waals surface area contributed by atoms with Crippen LogP contribution in [0.1, 0.15) is 24.1 Å². The highest BCUT2D eigenvalue weighted by atomic mass is 19.1. The average molecular weight is 277 g/mol. The van der Waals surface area contributed by atoms with Crippen molar-refractivity contribution in [3.8, 4) is 5.75 Å². The summed E-state index contributed by atoms with van der Waals surface area (Å²) in [7, 11) is 1.42. The van der Waals surface area contributed by atoms with Gasteiger partial charge in [-0.05, 0) is 43.2 Å². The maximum absolute atomic E-state index is 13.6. The summed E-state index contributed by atoms with van der Waals surface area (Å²) in [4.78, 5) is 0. The minimum atomic E-state index is -0.431. The van der Waals surface area contributed by atoms with Crippen molar-refractivity contribution < 1.29 is 13.5 Å². The lowest BCUT2D eigenvalue weighted by Crippen LogP contribution is -2.07. The SMILES string of the molecule is COc1ccc(NC(C)c2ccc(C)c(F)c2)cc1F. The Balaban J connectivity index is 2.16. The van der Waals surface area contributed by atoms with E-state index in [2.05, 4.69) is 5.32 Å². The number of ether oxygens (including phenoxy) is 1. The van der Waals surface area contributed by atoms with Gasteiger partial charge in [-0.2, -0.15) is 0 Å². The Morgan fingerprint density at radius 1 is 1.05 bits per heavy atom. The molecule has 0 spiro atoms. The second-order valence-electron chi connectivity index (χ2n) is 4.72. The van der Waals surface area contributed by atoms with Crippen LogP contribution < -0.4 is 10.1 Å². The van der Waals surface area contributed by atoms with Gasteiger partial charge >= 0.3 is 0 Å². The molecule has 1 N–H and O–H groups in total.